The second-order valence-corrected chi connectivity index (χ2v) is 7.21. The van der Waals surface area contributed by atoms with Gasteiger partial charge in [-0.1, -0.05) is 58.5 Å². The molecule has 122 valence electrons. The molecule has 2 aromatic carbocycles. The Hall–Kier alpha value is -0.480. The Morgan fingerprint density at radius 1 is 0.783 bits per heavy atom. The summed E-state index contributed by atoms with van der Waals surface area (Å²) in [6.45, 7) is 3.71. The van der Waals surface area contributed by atoms with Crippen molar-refractivity contribution in [2.45, 2.75) is 6.04 Å². The predicted molar refractivity (Wildman–Crippen MR) is 99.2 cm³/mol. The van der Waals surface area contributed by atoms with Gasteiger partial charge in [-0.15, -0.1) is 0 Å². The molecule has 1 aliphatic rings. The molecule has 6 heteroatoms. The monoisotopic (exact) mass is 388 g/mol. The van der Waals surface area contributed by atoms with Gasteiger partial charge in [0.15, 0.2) is 0 Å². The van der Waals surface area contributed by atoms with E-state index >= 15 is 0 Å². The molecule has 0 saturated carbocycles. The normalized spacial score (nSPS) is 16.0. The first-order valence-corrected chi connectivity index (χ1v) is 8.92. The summed E-state index contributed by atoms with van der Waals surface area (Å²) in [5, 5.41) is 5.91. The maximum absolute atomic E-state index is 6.48. The Morgan fingerprint density at radius 3 is 1.70 bits per heavy atom. The average Bonchev–Trinajstić information content (AvgIpc) is 2.52. The topological polar surface area (TPSA) is 15.3 Å². The Balaban J connectivity index is 2.09. The minimum Gasteiger partial charge on any atom is -0.314 e. The van der Waals surface area contributed by atoms with Crippen molar-refractivity contribution in [1.29, 1.82) is 0 Å². The number of piperazine rings is 1. The fourth-order valence-corrected chi connectivity index (χ4v) is 3.97. The van der Waals surface area contributed by atoms with Crippen LogP contribution in [0.3, 0.4) is 0 Å². The number of halogens is 4. The van der Waals surface area contributed by atoms with Crippen LogP contribution in [0.25, 0.3) is 0 Å². The SMILES string of the molecule is Clc1ccc(C(c2ccc(Cl)cc2Cl)N2CCNCC2)c(Cl)c1. The van der Waals surface area contributed by atoms with Crippen LogP contribution >= 0.6 is 46.4 Å². The number of nitrogens with zero attached hydrogens (tertiary/aromatic N) is 1. The van der Waals surface area contributed by atoms with E-state index < -0.39 is 0 Å². The summed E-state index contributed by atoms with van der Waals surface area (Å²) in [5.41, 5.74) is 2.00. The molecule has 23 heavy (non-hydrogen) atoms. The number of rotatable bonds is 3. The Kier molecular flexibility index (Phi) is 5.74. The van der Waals surface area contributed by atoms with Crippen molar-refractivity contribution in [3.63, 3.8) is 0 Å². The second-order valence-electron chi connectivity index (χ2n) is 5.52. The van der Waals surface area contributed by atoms with Crippen LogP contribution in [0.2, 0.25) is 20.1 Å². The van der Waals surface area contributed by atoms with Crippen molar-refractivity contribution < 1.29 is 0 Å². The Bertz CT molecular complexity index is 647. The molecule has 2 nitrogen and oxygen atoms in total. The lowest BCUT2D eigenvalue weighted by Crippen LogP contribution is -2.45. The molecule has 0 aromatic heterocycles. The lowest BCUT2D eigenvalue weighted by Gasteiger charge is -2.36. The molecule has 1 N–H and O–H groups in total. The van der Waals surface area contributed by atoms with E-state index in [9.17, 15) is 0 Å². The summed E-state index contributed by atoms with van der Waals surface area (Å²) in [6, 6.07) is 11.2. The van der Waals surface area contributed by atoms with Crippen molar-refractivity contribution in [3.05, 3.63) is 67.6 Å². The summed E-state index contributed by atoms with van der Waals surface area (Å²) >= 11 is 25.1. The van der Waals surface area contributed by atoms with E-state index in [0.717, 1.165) is 37.3 Å². The smallest absolute Gasteiger partial charge is 0.0632 e. The lowest BCUT2D eigenvalue weighted by molar-refractivity contribution is 0.198. The molecule has 0 amide bonds. The lowest BCUT2D eigenvalue weighted by atomic mass is 9.96. The highest BCUT2D eigenvalue weighted by Gasteiger charge is 2.27. The summed E-state index contributed by atoms with van der Waals surface area (Å²) in [4.78, 5) is 2.38. The minimum atomic E-state index is -0.0216. The van der Waals surface area contributed by atoms with Crippen LogP contribution in [-0.4, -0.2) is 31.1 Å². The summed E-state index contributed by atoms with van der Waals surface area (Å²) in [5.74, 6) is 0. The zero-order valence-electron chi connectivity index (χ0n) is 12.3. The van der Waals surface area contributed by atoms with Crippen LogP contribution in [0, 0.1) is 0 Å². The highest BCUT2D eigenvalue weighted by molar-refractivity contribution is 6.36. The zero-order valence-corrected chi connectivity index (χ0v) is 15.4. The van der Waals surface area contributed by atoms with Gasteiger partial charge in [0.05, 0.1) is 6.04 Å². The van der Waals surface area contributed by atoms with E-state index in [-0.39, 0.29) is 6.04 Å². The Labute approximate surface area is 156 Å². The molecule has 0 spiro atoms. The van der Waals surface area contributed by atoms with Crippen molar-refractivity contribution in [3.8, 4) is 0 Å². The predicted octanol–water partition coefficient (Wildman–Crippen LogP) is 5.29. The molecule has 1 heterocycles. The van der Waals surface area contributed by atoms with Gasteiger partial charge in [-0.05, 0) is 35.4 Å². The van der Waals surface area contributed by atoms with Crippen LogP contribution in [-0.2, 0) is 0 Å². The van der Waals surface area contributed by atoms with Crippen LogP contribution in [0.4, 0.5) is 0 Å². The molecule has 1 fully saturated rings. The molecular weight excluding hydrogens is 374 g/mol. The van der Waals surface area contributed by atoms with Gasteiger partial charge in [0.25, 0.3) is 0 Å². The largest absolute Gasteiger partial charge is 0.314 e. The fraction of sp³-hybridized carbons (Fsp3) is 0.294. The molecule has 3 rings (SSSR count). The van der Waals surface area contributed by atoms with E-state index in [4.69, 9.17) is 46.4 Å². The first-order valence-electron chi connectivity index (χ1n) is 7.41. The van der Waals surface area contributed by atoms with Crippen molar-refractivity contribution in [2.75, 3.05) is 26.2 Å². The molecule has 0 aliphatic carbocycles. The van der Waals surface area contributed by atoms with E-state index in [1.165, 1.54) is 0 Å². The zero-order chi connectivity index (χ0) is 16.4. The van der Waals surface area contributed by atoms with Gasteiger partial charge in [0.1, 0.15) is 0 Å². The highest BCUT2D eigenvalue weighted by atomic mass is 35.5. The number of benzene rings is 2. The van der Waals surface area contributed by atoms with Crippen LogP contribution in [0.1, 0.15) is 17.2 Å². The van der Waals surface area contributed by atoms with E-state index in [1.807, 2.05) is 24.3 Å². The third-order valence-electron chi connectivity index (χ3n) is 4.03. The molecule has 0 radical (unpaired) electrons. The van der Waals surface area contributed by atoms with Crippen LogP contribution in [0.5, 0.6) is 0 Å². The van der Waals surface area contributed by atoms with Gasteiger partial charge in [0, 0.05) is 46.3 Å². The minimum absolute atomic E-state index is 0.0216. The third-order valence-corrected chi connectivity index (χ3v) is 5.16. The van der Waals surface area contributed by atoms with Crippen LogP contribution in [0.15, 0.2) is 36.4 Å². The summed E-state index contributed by atoms with van der Waals surface area (Å²) in [7, 11) is 0. The maximum atomic E-state index is 6.48. The molecule has 0 atom stereocenters. The standard InChI is InChI=1S/C17H16Cl4N2/c18-11-1-3-13(15(20)9-11)17(23-7-5-22-6-8-23)14-4-2-12(19)10-16(14)21/h1-4,9-10,17,22H,5-8H2. The number of hydrogen-bond donors (Lipinski definition) is 1. The van der Waals surface area contributed by atoms with E-state index in [2.05, 4.69) is 10.2 Å². The summed E-state index contributed by atoms with van der Waals surface area (Å²) < 4.78 is 0. The van der Waals surface area contributed by atoms with Gasteiger partial charge < -0.3 is 5.32 Å². The van der Waals surface area contributed by atoms with Crippen molar-refractivity contribution >= 4 is 46.4 Å². The first-order chi connectivity index (χ1) is 11.1. The quantitative estimate of drug-likeness (QED) is 0.766. The molecule has 0 bridgehead atoms. The summed E-state index contributed by atoms with van der Waals surface area (Å²) in [6.07, 6.45) is 0. The Morgan fingerprint density at radius 2 is 1.26 bits per heavy atom. The average molecular weight is 390 g/mol. The highest BCUT2D eigenvalue weighted by Crippen LogP contribution is 2.38. The second kappa shape index (κ2) is 7.60. The molecular formula is C17H16Cl4N2. The third kappa shape index (κ3) is 3.96. The fourth-order valence-electron chi connectivity index (χ4n) is 2.95. The number of nitrogens with one attached hydrogen (secondary N) is 1. The van der Waals surface area contributed by atoms with Crippen molar-refractivity contribution in [1.82, 2.24) is 10.2 Å². The van der Waals surface area contributed by atoms with Crippen molar-refractivity contribution in [2.24, 2.45) is 0 Å². The van der Waals surface area contributed by atoms with E-state index in [1.54, 1.807) is 12.1 Å². The van der Waals surface area contributed by atoms with Crippen LogP contribution < -0.4 is 5.32 Å². The molecule has 1 saturated heterocycles. The maximum Gasteiger partial charge on any atom is 0.0632 e. The van der Waals surface area contributed by atoms with Gasteiger partial charge in [-0.25, -0.2) is 0 Å². The molecule has 0 unspecified atom stereocenters. The number of hydrogen-bond acceptors (Lipinski definition) is 2. The van der Waals surface area contributed by atoms with Gasteiger partial charge >= 0.3 is 0 Å². The van der Waals surface area contributed by atoms with Gasteiger partial charge in [-0.2, -0.15) is 0 Å². The van der Waals surface area contributed by atoms with E-state index in [0.29, 0.717) is 20.1 Å². The van der Waals surface area contributed by atoms with Gasteiger partial charge in [-0.3, -0.25) is 4.90 Å². The molecule has 1 aliphatic heterocycles. The van der Waals surface area contributed by atoms with Gasteiger partial charge in [0.2, 0.25) is 0 Å². The first kappa shape index (κ1) is 17.3. The molecule has 2 aromatic rings.